The summed E-state index contributed by atoms with van der Waals surface area (Å²) in [6.07, 6.45) is 10.4. The minimum absolute atomic E-state index is 0.179. The van der Waals surface area contributed by atoms with Crippen molar-refractivity contribution in [2.75, 3.05) is 19.7 Å². The number of amides is 1. The summed E-state index contributed by atoms with van der Waals surface area (Å²) >= 11 is 1.47. The number of carbonyl (C=O) groups excluding carboxylic acids is 1. The van der Waals surface area contributed by atoms with Gasteiger partial charge in [0.2, 0.25) is 0 Å². The Bertz CT molecular complexity index is 1320. The Morgan fingerprint density at radius 1 is 1.08 bits per heavy atom. The number of hydrogen-bond donors (Lipinski definition) is 0. The molecule has 2 aromatic carbocycles. The number of thioether (sulfide) groups is 1. The summed E-state index contributed by atoms with van der Waals surface area (Å²) in [5.74, 6) is 0.639. The van der Waals surface area contributed by atoms with Crippen molar-refractivity contribution in [1.82, 2.24) is 14.7 Å². The number of carbonyl (C=O) groups is 1. The first-order valence-electron chi connectivity index (χ1n) is 12.4. The maximum atomic E-state index is 12.9. The van der Waals surface area contributed by atoms with Crippen LogP contribution < -0.4 is 4.74 Å². The summed E-state index contributed by atoms with van der Waals surface area (Å²) in [7, 11) is 0. The van der Waals surface area contributed by atoms with E-state index in [2.05, 4.69) is 22.5 Å². The number of likely N-dealkylation sites (tertiary alicyclic amines) is 1. The van der Waals surface area contributed by atoms with Crippen LogP contribution >= 0.6 is 11.8 Å². The van der Waals surface area contributed by atoms with E-state index in [1.165, 1.54) is 24.6 Å². The summed E-state index contributed by atoms with van der Waals surface area (Å²) in [5.41, 5.74) is 4.62. The van der Waals surface area contributed by atoms with Crippen LogP contribution in [0.3, 0.4) is 0 Å². The molecule has 184 valence electrons. The van der Waals surface area contributed by atoms with E-state index in [4.69, 9.17) is 9.84 Å². The molecule has 7 heteroatoms. The Morgan fingerprint density at radius 2 is 1.86 bits per heavy atom. The van der Waals surface area contributed by atoms with Gasteiger partial charge in [-0.15, -0.1) is 0 Å². The third-order valence-electron chi connectivity index (χ3n) is 6.34. The molecule has 36 heavy (non-hydrogen) atoms. The number of nitrogens with zero attached hydrogens (tertiary/aromatic N) is 4. The lowest BCUT2D eigenvalue weighted by molar-refractivity contribution is -0.113. The third kappa shape index (κ3) is 5.31. The van der Waals surface area contributed by atoms with Crippen molar-refractivity contribution >= 4 is 28.9 Å². The van der Waals surface area contributed by atoms with E-state index >= 15 is 0 Å². The molecule has 3 heterocycles. The molecule has 0 aliphatic carbocycles. The first-order valence-corrected chi connectivity index (χ1v) is 13.2. The number of rotatable bonds is 6. The molecule has 3 aromatic rings. The molecular weight excluding hydrogens is 468 g/mol. The largest absolute Gasteiger partial charge is 0.489 e. The van der Waals surface area contributed by atoms with Gasteiger partial charge in [-0.3, -0.25) is 4.79 Å². The summed E-state index contributed by atoms with van der Waals surface area (Å²) < 4.78 is 7.62. The van der Waals surface area contributed by atoms with E-state index < -0.39 is 0 Å². The zero-order valence-electron chi connectivity index (χ0n) is 20.5. The highest BCUT2D eigenvalue weighted by Crippen LogP contribution is 2.35. The molecule has 6 nitrogen and oxygen atoms in total. The van der Waals surface area contributed by atoms with Gasteiger partial charge < -0.3 is 9.64 Å². The van der Waals surface area contributed by atoms with Gasteiger partial charge in [-0.2, -0.15) is 10.1 Å². The third-order valence-corrected chi connectivity index (χ3v) is 7.39. The Morgan fingerprint density at radius 3 is 2.58 bits per heavy atom. The molecule has 2 aliphatic heterocycles. The van der Waals surface area contributed by atoms with Crippen LogP contribution in [-0.4, -0.2) is 45.5 Å². The van der Waals surface area contributed by atoms with Gasteiger partial charge in [-0.25, -0.2) is 4.68 Å². The topological polar surface area (TPSA) is 59.7 Å². The van der Waals surface area contributed by atoms with Crippen LogP contribution in [0.4, 0.5) is 0 Å². The first-order chi connectivity index (χ1) is 17.6. The quantitative estimate of drug-likeness (QED) is 0.297. The number of ether oxygens (including phenoxy) is 1. The van der Waals surface area contributed by atoms with Crippen molar-refractivity contribution in [3.05, 3.63) is 83.4 Å². The van der Waals surface area contributed by atoms with Gasteiger partial charge in [0.25, 0.3) is 5.91 Å². The van der Waals surface area contributed by atoms with Crippen molar-refractivity contribution in [2.45, 2.75) is 32.6 Å². The Labute approximate surface area is 216 Å². The summed E-state index contributed by atoms with van der Waals surface area (Å²) in [6.45, 7) is 8.12. The maximum Gasteiger partial charge on any atom is 0.286 e. The van der Waals surface area contributed by atoms with Gasteiger partial charge in [0, 0.05) is 30.4 Å². The number of aliphatic imine (C=N–C) groups is 1. The molecule has 0 spiro atoms. The van der Waals surface area contributed by atoms with Crippen molar-refractivity contribution < 1.29 is 9.53 Å². The first kappa shape index (κ1) is 24.1. The molecular formula is C29H30N4O2S. The monoisotopic (exact) mass is 498 g/mol. The van der Waals surface area contributed by atoms with Gasteiger partial charge in [-0.1, -0.05) is 43.7 Å². The fourth-order valence-electron chi connectivity index (χ4n) is 4.47. The number of aryl methyl sites for hydroxylation is 1. The molecule has 2 aliphatic rings. The number of benzene rings is 2. The predicted molar refractivity (Wildman–Crippen MR) is 147 cm³/mol. The van der Waals surface area contributed by atoms with E-state index in [1.807, 2.05) is 66.3 Å². The minimum atomic E-state index is -0.179. The standard InChI is InChI=1S/C29H30N4O2S/c1-3-17-35-25-14-13-22(18-21(25)2)27-23(20-33(31-27)24-11-7-6-8-12-24)19-26-28(34)30-29(36-26)32-15-9-4-5-10-16-32/h3,6-8,11-14,18-20H,1,4-5,9-10,15-17H2,2H3/b26-19-. The average molecular weight is 499 g/mol. The van der Waals surface area contributed by atoms with Crippen molar-refractivity contribution in [2.24, 2.45) is 4.99 Å². The number of aromatic nitrogens is 2. The summed E-state index contributed by atoms with van der Waals surface area (Å²) in [4.78, 5) is 20.2. The van der Waals surface area contributed by atoms with E-state index in [0.717, 1.165) is 64.9 Å². The fourth-order valence-corrected chi connectivity index (χ4v) is 5.43. The molecule has 1 amide bonds. The van der Waals surface area contributed by atoms with Crippen LogP contribution in [0.2, 0.25) is 0 Å². The van der Waals surface area contributed by atoms with Gasteiger partial charge in [-0.05, 0) is 73.5 Å². The second-order valence-corrected chi connectivity index (χ2v) is 10.0. The molecule has 0 saturated carbocycles. The van der Waals surface area contributed by atoms with Gasteiger partial charge >= 0.3 is 0 Å². The van der Waals surface area contributed by atoms with Crippen LogP contribution in [-0.2, 0) is 4.79 Å². The normalized spacial score (nSPS) is 17.2. The molecule has 1 fully saturated rings. The number of hydrogen-bond acceptors (Lipinski definition) is 5. The smallest absolute Gasteiger partial charge is 0.286 e. The van der Waals surface area contributed by atoms with Crippen molar-refractivity contribution in [1.29, 1.82) is 0 Å². The zero-order valence-corrected chi connectivity index (χ0v) is 21.3. The lowest BCUT2D eigenvalue weighted by Gasteiger charge is -2.20. The second-order valence-electron chi connectivity index (χ2n) is 9.00. The number of para-hydroxylation sites is 1. The van der Waals surface area contributed by atoms with Gasteiger partial charge in [0.05, 0.1) is 10.6 Å². The summed E-state index contributed by atoms with van der Waals surface area (Å²) in [5, 5.41) is 5.74. The Hall–Kier alpha value is -3.58. The van der Waals surface area contributed by atoms with E-state index in [0.29, 0.717) is 11.5 Å². The molecule has 5 rings (SSSR count). The molecule has 1 saturated heterocycles. The van der Waals surface area contributed by atoms with Crippen LogP contribution in [0.15, 0.2) is 77.3 Å². The lowest BCUT2D eigenvalue weighted by atomic mass is 10.0. The molecule has 0 radical (unpaired) electrons. The van der Waals surface area contributed by atoms with Crippen LogP contribution in [0.1, 0.15) is 36.8 Å². The fraction of sp³-hybridized carbons (Fsp3) is 0.276. The SMILES string of the molecule is C=CCOc1ccc(-c2nn(-c3ccccc3)cc2/C=C2\SC(N3CCCCCC3)=NC2=O)cc1C. The average Bonchev–Trinajstić information content (AvgIpc) is 3.36. The van der Waals surface area contributed by atoms with Crippen LogP contribution in [0.5, 0.6) is 5.75 Å². The Balaban J connectivity index is 1.49. The van der Waals surface area contributed by atoms with Gasteiger partial charge in [0.1, 0.15) is 18.1 Å². The molecule has 0 bridgehead atoms. The molecule has 0 unspecified atom stereocenters. The van der Waals surface area contributed by atoms with E-state index in [9.17, 15) is 4.79 Å². The predicted octanol–water partition coefficient (Wildman–Crippen LogP) is 6.26. The lowest BCUT2D eigenvalue weighted by Crippen LogP contribution is -2.28. The molecule has 0 N–H and O–H groups in total. The second kappa shape index (κ2) is 11.0. The highest BCUT2D eigenvalue weighted by atomic mass is 32.2. The Kier molecular flexibility index (Phi) is 7.37. The summed E-state index contributed by atoms with van der Waals surface area (Å²) in [6, 6.07) is 16.0. The molecule has 1 aromatic heterocycles. The van der Waals surface area contributed by atoms with Crippen LogP contribution in [0, 0.1) is 6.92 Å². The van der Waals surface area contributed by atoms with Gasteiger partial charge in [0.15, 0.2) is 5.17 Å². The maximum absolute atomic E-state index is 12.9. The van der Waals surface area contributed by atoms with Crippen molar-refractivity contribution in [3.63, 3.8) is 0 Å². The van der Waals surface area contributed by atoms with E-state index in [-0.39, 0.29) is 5.91 Å². The van der Waals surface area contributed by atoms with E-state index in [1.54, 1.807) is 6.08 Å². The minimum Gasteiger partial charge on any atom is -0.489 e. The van der Waals surface area contributed by atoms with Crippen molar-refractivity contribution in [3.8, 4) is 22.7 Å². The highest BCUT2D eigenvalue weighted by Gasteiger charge is 2.27. The number of amidine groups is 1. The zero-order chi connectivity index (χ0) is 24.9. The highest BCUT2D eigenvalue weighted by molar-refractivity contribution is 8.18. The van der Waals surface area contributed by atoms with Crippen LogP contribution in [0.25, 0.3) is 23.0 Å². The molecule has 0 atom stereocenters.